The maximum Gasteiger partial charge on any atom is 0.231 e. The summed E-state index contributed by atoms with van der Waals surface area (Å²) in [5.74, 6) is 1.28. The predicted octanol–water partition coefficient (Wildman–Crippen LogP) is 4.17. The van der Waals surface area contributed by atoms with Crippen LogP contribution in [0.15, 0.2) is 40.9 Å². The van der Waals surface area contributed by atoms with E-state index in [1.54, 1.807) is 12.1 Å². The first-order valence-corrected chi connectivity index (χ1v) is 7.49. The first-order chi connectivity index (χ1) is 10.1. The zero-order chi connectivity index (χ0) is 14.8. The average Bonchev–Trinajstić information content (AvgIpc) is 2.93. The second kappa shape index (κ2) is 6.03. The molecule has 2 aromatic rings. The number of fused-ring (bicyclic) bond motifs is 1. The van der Waals surface area contributed by atoms with Crippen molar-refractivity contribution in [2.45, 2.75) is 19.5 Å². The van der Waals surface area contributed by atoms with Crippen LogP contribution in [0.25, 0.3) is 0 Å². The van der Waals surface area contributed by atoms with Gasteiger partial charge in [0.2, 0.25) is 6.79 Å². The molecule has 3 rings (SSSR count). The summed E-state index contributed by atoms with van der Waals surface area (Å²) in [7, 11) is 0. The monoisotopic (exact) mass is 351 g/mol. The van der Waals surface area contributed by atoms with E-state index in [-0.39, 0.29) is 18.7 Å². The molecule has 0 aromatic heterocycles. The molecule has 0 saturated carbocycles. The highest BCUT2D eigenvalue weighted by Gasteiger charge is 2.18. The predicted molar refractivity (Wildman–Crippen MR) is 81.9 cm³/mol. The molecule has 1 N–H and O–H groups in total. The summed E-state index contributed by atoms with van der Waals surface area (Å²) in [6.45, 7) is 2.92. The largest absolute Gasteiger partial charge is 0.454 e. The summed E-state index contributed by atoms with van der Waals surface area (Å²) in [6, 6.07) is 10.6. The molecule has 0 unspecified atom stereocenters. The van der Waals surface area contributed by atoms with Gasteiger partial charge in [-0.05, 0) is 58.2 Å². The Labute approximate surface area is 131 Å². The molecule has 1 aliphatic rings. The first-order valence-electron chi connectivity index (χ1n) is 6.70. The first kappa shape index (κ1) is 14.4. The van der Waals surface area contributed by atoms with Crippen LogP contribution in [0.4, 0.5) is 4.39 Å². The zero-order valence-corrected chi connectivity index (χ0v) is 13.1. The van der Waals surface area contributed by atoms with Gasteiger partial charge in [0.25, 0.3) is 0 Å². The molecule has 0 bridgehead atoms. The third-order valence-corrected chi connectivity index (χ3v) is 4.04. The lowest BCUT2D eigenvalue weighted by atomic mass is 10.1. The SMILES string of the molecule is C[C@@H](NCc1cc(Br)c2c(c1)OCO2)c1cccc(F)c1. The van der Waals surface area contributed by atoms with Gasteiger partial charge >= 0.3 is 0 Å². The Morgan fingerprint density at radius 1 is 1.29 bits per heavy atom. The maximum absolute atomic E-state index is 13.2. The van der Waals surface area contributed by atoms with Crippen molar-refractivity contribution < 1.29 is 13.9 Å². The van der Waals surface area contributed by atoms with Gasteiger partial charge in [-0.15, -0.1) is 0 Å². The van der Waals surface area contributed by atoms with Crippen LogP contribution in [-0.4, -0.2) is 6.79 Å². The maximum atomic E-state index is 13.2. The van der Waals surface area contributed by atoms with Crippen LogP contribution in [0.1, 0.15) is 24.1 Å². The van der Waals surface area contributed by atoms with E-state index in [2.05, 4.69) is 21.2 Å². The van der Waals surface area contributed by atoms with Crippen molar-refractivity contribution in [2.75, 3.05) is 6.79 Å². The van der Waals surface area contributed by atoms with Crippen LogP contribution in [0.2, 0.25) is 0 Å². The highest BCUT2D eigenvalue weighted by Crippen LogP contribution is 2.40. The number of ether oxygens (including phenoxy) is 2. The van der Waals surface area contributed by atoms with Gasteiger partial charge in [0, 0.05) is 12.6 Å². The second-order valence-electron chi connectivity index (χ2n) is 4.97. The van der Waals surface area contributed by atoms with Crippen LogP contribution < -0.4 is 14.8 Å². The molecule has 5 heteroatoms. The summed E-state index contributed by atoms with van der Waals surface area (Å²) >= 11 is 3.48. The van der Waals surface area contributed by atoms with E-state index in [9.17, 15) is 4.39 Å². The lowest BCUT2D eigenvalue weighted by Gasteiger charge is -2.15. The van der Waals surface area contributed by atoms with Crippen LogP contribution >= 0.6 is 15.9 Å². The van der Waals surface area contributed by atoms with Gasteiger partial charge in [-0.2, -0.15) is 0 Å². The Kier molecular flexibility index (Phi) is 4.12. The summed E-state index contributed by atoms with van der Waals surface area (Å²) in [6.07, 6.45) is 0. The Morgan fingerprint density at radius 2 is 2.14 bits per heavy atom. The van der Waals surface area contributed by atoms with Gasteiger partial charge in [-0.1, -0.05) is 12.1 Å². The zero-order valence-electron chi connectivity index (χ0n) is 11.5. The summed E-state index contributed by atoms with van der Waals surface area (Å²) in [5, 5.41) is 3.38. The molecule has 0 amide bonds. The van der Waals surface area contributed by atoms with Crippen molar-refractivity contribution in [2.24, 2.45) is 0 Å². The fraction of sp³-hybridized carbons (Fsp3) is 0.250. The molecule has 3 nitrogen and oxygen atoms in total. The van der Waals surface area contributed by atoms with Gasteiger partial charge in [-0.25, -0.2) is 4.39 Å². The van der Waals surface area contributed by atoms with Gasteiger partial charge in [0.15, 0.2) is 11.5 Å². The minimum atomic E-state index is -0.216. The van der Waals surface area contributed by atoms with Crippen molar-refractivity contribution in [3.05, 3.63) is 57.8 Å². The molecule has 2 aromatic carbocycles. The van der Waals surface area contributed by atoms with E-state index >= 15 is 0 Å². The fourth-order valence-corrected chi connectivity index (χ4v) is 2.89. The number of benzene rings is 2. The van der Waals surface area contributed by atoms with E-state index in [1.807, 2.05) is 25.1 Å². The standard InChI is InChI=1S/C16H15BrFNO2/c1-10(12-3-2-4-13(18)7-12)19-8-11-5-14(17)16-15(6-11)20-9-21-16/h2-7,10,19H,8-9H2,1H3/t10-/m1/s1. The van der Waals surface area contributed by atoms with Gasteiger partial charge in [-0.3, -0.25) is 0 Å². The van der Waals surface area contributed by atoms with Crippen molar-refractivity contribution >= 4 is 15.9 Å². The molecule has 0 radical (unpaired) electrons. The number of hydrogen-bond acceptors (Lipinski definition) is 3. The summed E-state index contributed by atoms with van der Waals surface area (Å²) in [5.41, 5.74) is 2.00. The molecule has 1 aliphatic heterocycles. The van der Waals surface area contributed by atoms with Crippen LogP contribution in [0.5, 0.6) is 11.5 Å². The quantitative estimate of drug-likeness (QED) is 0.896. The third-order valence-electron chi connectivity index (χ3n) is 3.45. The number of halogens is 2. The topological polar surface area (TPSA) is 30.5 Å². The molecule has 0 fully saturated rings. The fourth-order valence-electron chi connectivity index (χ4n) is 2.29. The van der Waals surface area contributed by atoms with E-state index in [1.165, 1.54) is 6.07 Å². The van der Waals surface area contributed by atoms with Crippen molar-refractivity contribution in [3.8, 4) is 11.5 Å². The molecule has 0 saturated heterocycles. The van der Waals surface area contributed by atoms with Crippen LogP contribution in [-0.2, 0) is 6.54 Å². The van der Waals surface area contributed by atoms with Crippen molar-refractivity contribution in [1.82, 2.24) is 5.32 Å². The molecular weight excluding hydrogens is 337 g/mol. The Hall–Kier alpha value is -1.59. The second-order valence-corrected chi connectivity index (χ2v) is 5.82. The summed E-state index contributed by atoms with van der Waals surface area (Å²) in [4.78, 5) is 0. The van der Waals surface area contributed by atoms with Crippen LogP contribution in [0, 0.1) is 5.82 Å². The van der Waals surface area contributed by atoms with Gasteiger partial charge in [0.1, 0.15) is 5.82 Å². The van der Waals surface area contributed by atoms with Gasteiger partial charge < -0.3 is 14.8 Å². The molecule has 1 atom stereocenters. The smallest absolute Gasteiger partial charge is 0.231 e. The highest BCUT2D eigenvalue weighted by molar-refractivity contribution is 9.10. The summed E-state index contributed by atoms with van der Waals surface area (Å²) < 4.78 is 24.9. The van der Waals surface area contributed by atoms with E-state index < -0.39 is 0 Å². The van der Waals surface area contributed by atoms with Crippen molar-refractivity contribution in [1.29, 1.82) is 0 Å². The number of nitrogens with one attached hydrogen (secondary N) is 1. The Morgan fingerprint density at radius 3 is 2.95 bits per heavy atom. The highest BCUT2D eigenvalue weighted by atomic mass is 79.9. The average molecular weight is 352 g/mol. The third kappa shape index (κ3) is 3.19. The van der Waals surface area contributed by atoms with E-state index in [4.69, 9.17) is 9.47 Å². The molecule has 0 spiro atoms. The lowest BCUT2D eigenvalue weighted by Crippen LogP contribution is -2.18. The van der Waals surface area contributed by atoms with Crippen LogP contribution in [0.3, 0.4) is 0 Å². The normalized spacial score (nSPS) is 14.2. The molecule has 110 valence electrons. The minimum Gasteiger partial charge on any atom is -0.454 e. The lowest BCUT2D eigenvalue weighted by molar-refractivity contribution is 0.173. The Bertz CT molecular complexity index is 663. The van der Waals surface area contributed by atoms with E-state index in [0.29, 0.717) is 6.54 Å². The molecule has 1 heterocycles. The van der Waals surface area contributed by atoms with Gasteiger partial charge in [0.05, 0.1) is 4.47 Å². The Balaban J connectivity index is 1.69. The number of hydrogen-bond donors (Lipinski definition) is 1. The molecular formula is C16H15BrFNO2. The van der Waals surface area contributed by atoms with E-state index in [0.717, 1.165) is 27.1 Å². The minimum absolute atomic E-state index is 0.0601. The molecule has 21 heavy (non-hydrogen) atoms. The number of rotatable bonds is 4. The van der Waals surface area contributed by atoms with Crippen molar-refractivity contribution in [3.63, 3.8) is 0 Å². The molecule has 0 aliphatic carbocycles.